The third-order valence-corrected chi connectivity index (χ3v) is 9.32. The minimum absolute atomic E-state index is 0.102. The number of hydrogen-bond donors (Lipinski definition) is 0. The van der Waals surface area contributed by atoms with Gasteiger partial charge in [0.1, 0.15) is 10.6 Å². The highest BCUT2D eigenvalue weighted by Crippen LogP contribution is 2.31. The van der Waals surface area contributed by atoms with Crippen LogP contribution in [0, 0.1) is 11.3 Å². The number of nitriles is 1. The van der Waals surface area contributed by atoms with Crippen molar-refractivity contribution in [2.24, 2.45) is 0 Å². The van der Waals surface area contributed by atoms with E-state index in [1.807, 2.05) is 6.07 Å². The quantitative estimate of drug-likeness (QED) is 0.294. The molecule has 1 aromatic heterocycles. The topological polar surface area (TPSA) is 139 Å². The Morgan fingerprint density at radius 1 is 0.951 bits per heavy atom. The maximum atomic E-state index is 13.0. The largest absolute Gasteiger partial charge is 0.379 e. The van der Waals surface area contributed by atoms with Crippen molar-refractivity contribution < 1.29 is 25.8 Å². The average molecular weight is 591 g/mol. The van der Waals surface area contributed by atoms with Crippen molar-refractivity contribution in [1.29, 1.82) is 5.26 Å². The summed E-state index contributed by atoms with van der Waals surface area (Å²) in [4.78, 5) is 19.1. The van der Waals surface area contributed by atoms with E-state index in [2.05, 4.69) is 9.55 Å². The molecule has 1 fully saturated rings. The van der Waals surface area contributed by atoms with Gasteiger partial charge >= 0.3 is 10.1 Å². The summed E-state index contributed by atoms with van der Waals surface area (Å²) in [6, 6.07) is 20.3. The Hall–Kier alpha value is -4.47. The molecule has 5 rings (SSSR count). The van der Waals surface area contributed by atoms with Gasteiger partial charge in [0, 0.05) is 36.5 Å². The molecule has 0 bridgehead atoms. The monoisotopic (exact) mass is 590 g/mol. The lowest BCUT2D eigenvalue weighted by atomic mass is 10.0. The van der Waals surface area contributed by atoms with Crippen LogP contribution in [-0.2, 0) is 20.0 Å². The SMILES string of the molecule is CS(=O)(=O)c1ccc(C(=O)N2CCC(n3cncc3-c3ccc(OS(=O)(=O)c4cccc(C#N)c4)cc3)CC2)cc1. The van der Waals surface area contributed by atoms with Gasteiger partial charge in [-0.25, -0.2) is 13.4 Å². The van der Waals surface area contributed by atoms with Crippen molar-refractivity contribution in [3.63, 3.8) is 0 Å². The Labute approximate surface area is 238 Å². The van der Waals surface area contributed by atoms with E-state index in [0.29, 0.717) is 31.5 Å². The van der Waals surface area contributed by atoms with Crippen molar-refractivity contribution in [3.8, 4) is 23.1 Å². The first-order chi connectivity index (χ1) is 19.5. The Bertz CT molecular complexity index is 1830. The summed E-state index contributed by atoms with van der Waals surface area (Å²) < 4.78 is 56.1. The van der Waals surface area contributed by atoms with Crippen LogP contribution in [0.1, 0.15) is 34.8 Å². The van der Waals surface area contributed by atoms with E-state index in [0.717, 1.165) is 17.5 Å². The van der Waals surface area contributed by atoms with Gasteiger partial charge in [0.15, 0.2) is 9.84 Å². The molecule has 1 aliphatic rings. The van der Waals surface area contributed by atoms with Crippen LogP contribution >= 0.6 is 0 Å². The van der Waals surface area contributed by atoms with Crippen LogP contribution in [-0.4, -0.2) is 56.5 Å². The number of piperidine rings is 1. The Balaban J connectivity index is 1.24. The van der Waals surface area contributed by atoms with E-state index >= 15 is 0 Å². The lowest BCUT2D eigenvalue weighted by Crippen LogP contribution is -2.39. The molecular weight excluding hydrogens is 564 g/mol. The predicted octanol–water partition coefficient (Wildman–Crippen LogP) is 4.07. The maximum absolute atomic E-state index is 13.0. The lowest BCUT2D eigenvalue weighted by Gasteiger charge is -2.33. The molecular formula is C29H26N4O6S2. The number of hydrogen-bond acceptors (Lipinski definition) is 8. The maximum Gasteiger partial charge on any atom is 0.339 e. The molecule has 0 unspecified atom stereocenters. The van der Waals surface area contributed by atoms with E-state index < -0.39 is 20.0 Å². The number of benzene rings is 3. The molecule has 0 saturated carbocycles. The molecule has 0 atom stereocenters. The van der Waals surface area contributed by atoms with E-state index in [4.69, 9.17) is 9.44 Å². The van der Waals surface area contributed by atoms with Crippen LogP contribution in [0.5, 0.6) is 5.75 Å². The van der Waals surface area contributed by atoms with Crippen molar-refractivity contribution in [2.75, 3.05) is 19.3 Å². The molecule has 41 heavy (non-hydrogen) atoms. The predicted molar refractivity (Wildman–Crippen MR) is 150 cm³/mol. The Morgan fingerprint density at radius 2 is 1.63 bits per heavy atom. The smallest absolute Gasteiger partial charge is 0.339 e. The summed E-state index contributed by atoms with van der Waals surface area (Å²) in [5.41, 5.74) is 2.34. The van der Waals surface area contributed by atoms with Crippen LogP contribution in [0.2, 0.25) is 0 Å². The minimum atomic E-state index is -4.11. The fraction of sp³-hybridized carbons (Fsp3) is 0.207. The molecule has 0 spiro atoms. The number of carbonyl (C=O) groups excluding carboxylic acids is 1. The van der Waals surface area contributed by atoms with Gasteiger partial charge in [0.05, 0.1) is 34.7 Å². The number of carbonyl (C=O) groups is 1. The second-order valence-corrected chi connectivity index (χ2v) is 13.3. The average Bonchev–Trinajstić information content (AvgIpc) is 3.47. The van der Waals surface area contributed by atoms with Gasteiger partial charge in [0.2, 0.25) is 0 Å². The minimum Gasteiger partial charge on any atom is -0.379 e. The molecule has 0 aliphatic carbocycles. The zero-order valence-electron chi connectivity index (χ0n) is 22.0. The molecule has 0 radical (unpaired) electrons. The van der Waals surface area contributed by atoms with Gasteiger partial charge in [-0.2, -0.15) is 13.7 Å². The number of likely N-dealkylation sites (tertiary alicyclic amines) is 1. The molecule has 1 aliphatic heterocycles. The van der Waals surface area contributed by atoms with Crippen molar-refractivity contribution >= 4 is 25.9 Å². The molecule has 3 aromatic carbocycles. The number of sulfone groups is 1. The van der Waals surface area contributed by atoms with Gasteiger partial charge in [-0.05, 0) is 79.6 Å². The third kappa shape index (κ3) is 6.16. The fourth-order valence-corrected chi connectivity index (χ4v) is 6.38. The zero-order chi connectivity index (χ0) is 29.2. The summed E-state index contributed by atoms with van der Waals surface area (Å²) >= 11 is 0. The summed E-state index contributed by atoms with van der Waals surface area (Å²) in [6.07, 6.45) is 6.03. The van der Waals surface area contributed by atoms with Gasteiger partial charge in [-0.3, -0.25) is 4.79 Å². The van der Waals surface area contributed by atoms with E-state index in [9.17, 15) is 21.6 Å². The van der Waals surface area contributed by atoms with Crippen LogP contribution in [0.4, 0.5) is 0 Å². The standard InChI is InChI=1S/C29H26N4O6S2/c1-40(35,36)26-11-7-23(8-12-26)29(34)32-15-13-24(14-16-32)33-20-31-19-28(33)22-5-9-25(10-6-22)39-41(37,38)27-4-2-3-21(17-27)18-30/h2-12,17,19-20,24H,13-16H2,1H3. The van der Waals surface area contributed by atoms with Crippen molar-refractivity contribution in [3.05, 3.63) is 96.4 Å². The lowest BCUT2D eigenvalue weighted by molar-refractivity contribution is 0.0695. The number of aromatic nitrogens is 2. The molecule has 0 N–H and O–H groups in total. The van der Waals surface area contributed by atoms with Crippen LogP contribution in [0.15, 0.2) is 95.1 Å². The molecule has 12 heteroatoms. The van der Waals surface area contributed by atoms with Gasteiger partial charge in [0.25, 0.3) is 5.91 Å². The third-order valence-electron chi connectivity index (χ3n) is 6.95. The first kappa shape index (κ1) is 28.1. The normalized spacial score (nSPS) is 14.4. The molecule has 210 valence electrons. The first-order valence-electron chi connectivity index (χ1n) is 12.7. The van der Waals surface area contributed by atoms with Gasteiger partial charge in [-0.1, -0.05) is 6.07 Å². The number of rotatable bonds is 7. The molecule has 4 aromatic rings. The summed E-state index contributed by atoms with van der Waals surface area (Å²) in [7, 11) is -7.44. The molecule has 1 amide bonds. The fourth-order valence-electron chi connectivity index (χ4n) is 4.77. The summed E-state index contributed by atoms with van der Waals surface area (Å²) in [5, 5.41) is 9.04. The van der Waals surface area contributed by atoms with Crippen LogP contribution in [0.3, 0.4) is 0 Å². The molecule has 1 saturated heterocycles. The van der Waals surface area contributed by atoms with Crippen LogP contribution in [0.25, 0.3) is 11.3 Å². The van der Waals surface area contributed by atoms with Gasteiger partial charge < -0.3 is 13.7 Å². The highest BCUT2D eigenvalue weighted by atomic mass is 32.2. The number of nitrogens with zero attached hydrogens (tertiary/aromatic N) is 4. The first-order valence-corrected chi connectivity index (χ1v) is 16.0. The van der Waals surface area contributed by atoms with Crippen molar-refractivity contribution in [1.82, 2.24) is 14.5 Å². The molecule has 2 heterocycles. The molecule has 10 nitrogen and oxygen atoms in total. The Morgan fingerprint density at radius 3 is 2.27 bits per heavy atom. The van der Waals surface area contributed by atoms with Crippen molar-refractivity contribution in [2.45, 2.75) is 28.7 Å². The number of amides is 1. The summed E-state index contributed by atoms with van der Waals surface area (Å²) in [5.74, 6) is -0.00203. The van der Waals surface area contributed by atoms with E-state index in [1.165, 1.54) is 36.4 Å². The number of imidazole rings is 1. The highest BCUT2D eigenvalue weighted by molar-refractivity contribution is 7.90. The van der Waals surface area contributed by atoms with Crippen LogP contribution < -0.4 is 4.18 Å². The van der Waals surface area contributed by atoms with E-state index in [-0.39, 0.29) is 33.1 Å². The van der Waals surface area contributed by atoms with E-state index in [1.54, 1.807) is 53.8 Å². The Kier molecular flexibility index (Phi) is 7.66. The second-order valence-electron chi connectivity index (χ2n) is 9.71. The zero-order valence-corrected chi connectivity index (χ0v) is 23.7. The summed E-state index contributed by atoms with van der Waals surface area (Å²) in [6.45, 7) is 1.07. The highest BCUT2D eigenvalue weighted by Gasteiger charge is 2.26. The van der Waals surface area contributed by atoms with Gasteiger partial charge in [-0.15, -0.1) is 0 Å². The second kappa shape index (κ2) is 11.2.